The molecular formula is C11H31O2P3Ru. The van der Waals surface area contributed by atoms with Gasteiger partial charge >= 0.3 is 0 Å². The minimum atomic E-state index is 0. The van der Waals surface area contributed by atoms with Gasteiger partial charge in [0.05, 0.1) is 0 Å². The fourth-order valence-corrected chi connectivity index (χ4v) is 0. The van der Waals surface area contributed by atoms with E-state index in [9.17, 15) is 0 Å². The molecule has 0 atom stereocenters. The van der Waals surface area contributed by atoms with Crippen LogP contribution in [0.3, 0.4) is 0 Å². The van der Waals surface area contributed by atoms with Gasteiger partial charge in [-0.25, -0.2) is 0 Å². The summed E-state index contributed by atoms with van der Waals surface area (Å²) in [5.74, 6) is 0. The van der Waals surface area contributed by atoms with Gasteiger partial charge in [-0.1, -0.05) is 0 Å². The van der Waals surface area contributed by atoms with Crippen LogP contribution in [0.5, 0.6) is 0 Å². The molecule has 0 unspecified atom stereocenters. The molecule has 0 aliphatic carbocycles. The van der Waals surface area contributed by atoms with Gasteiger partial charge in [0.2, 0.25) is 0 Å². The zero-order chi connectivity index (χ0) is 14.7. The molecule has 0 saturated carbocycles. The fraction of sp³-hybridized carbons (Fsp3) is 0.818. The van der Waals surface area contributed by atoms with Crippen molar-refractivity contribution in [3.8, 4) is 0 Å². The average molecular weight is 389 g/mol. The van der Waals surface area contributed by atoms with Crippen LogP contribution in [0, 0.1) is 0 Å². The zero-order valence-electron chi connectivity index (χ0n) is 12.9. The van der Waals surface area contributed by atoms with Crippen LogP contribution in [-0.4, -0.2) is 73.6 Å². The van der Waals surface area contributed by atoms with E-state index in [4.69, 9.17) is 9.59 Å². The Bertz CT molecular complexity index is 70.3. The molecule has 0 N–H and O–H groups in total. The van der Waals surface area contributed by atoms with Gasteiger partial charge in [0.25, 0.3) is 0 Å². The van der Waals surface area contributed by atoms with E-state index in [2.05, 4.69) is 60.0 Å². The zero-order valence-corrected chi connectivity index (χ0v) is 17.3. The van der Waals surface area contributed by atoms with Crippen molar-refractivity contribution >= 4 is 37.3 Å². The van der Waals surface area contributed by atoms with E-state index < -0.39 is 0 Å². The first kappa shape index (κ1) is 36.2. The Hall–Kier alpha value is 1.25. The van der Waals surface area contributed by atoms with Crippen LogP contribution in [0.25, 0.3) is 0 Å². The van der Waals surface area contributed by atoms with E-state index in [0.717, 1.165) is 0 Å². The van der Waals surface area contributed by atoms with Gasteiger partial charge in [-0.2, -0.15) is 0 Å². The summed E-state index contributed by atoms with van der Waals surface area (Å²) in [6.07, 6.45) is 0. The molecule has 2 nitrogen and oxygen atoms in total. The van der Waals surface area contributed by atoms with Gasteiger partial charge in [-0.3, -0.25) is 0 Å². The molecule has 0 heterocycles. The van der Waals surface area contributed by atoms with Crippen molar-refractivity contribution in [2.24, 2.45) is 0 Å². The maximum absolute atomic E-state index is 8.00. The maximum Gasteiger partial charge on any atom is 0.106 e. The summed E-state index contributed by atoms with van der Waals surface area (Å²) in [5, 5.41) is 0. The molecule has 0 aliphatic heterocycles. The van der Waals surface area contributed by atoms with Crippen molar-refractivity contribution in [2.45, 2.75) is 0 Å². The van der Waals surface area contributed by atoms with Crippen LogP contribution in [0.2, 0.25) is 0 Å². The summed E-state index contributed by atoms with van der Waals surface area (Å²) in [4.78, 5) is 16.0. The SMILES string of the molecule is C=O.C=O.CP(C)C.CP(C)C.CP(C)C.[Ru]. The monoisotopic (exact) mass is 390 g/mol. The van der Waals surface area contributed by atoms with Gasteiger partial charge in [0.15, 0.2) is 0 Å². The normalized spacial score (nSPS) is 6.82. The Morgan fingerprint density at radius 2 is 0.471 bits per heavy atom. The van der Waals surface area contributed by atoms with Crippen molar-refractivity contribution < 1.29 is 29.1 Å². The summed E-state index contributed by atoms with van der Waals surface area (Å²) in [7, 11) is 1.14. The Labute approximate surface area is 126 Å². The summed E-state index contributed by atoms with van der Waals surface area (Å²) >= 11 is 0. The first-order chi connectivity index (χ1) is 7.20. The molecule has 17 heavy (non-hydrogen) atoms. The van der Waals surface area contributed by atoms with Crippen molar-refractivity contribution in [3.63, 3.8) is 0 Å². The molecule has 6 heteroatoms. The Morgan fingerprint density at radius 3 is 0.471 bits per heavy atom. The molecule has 0 aromatic rings. The van der Waals surface area contributed by atoms with E-state index in [-0.39, 0.29) is 19.5 Å². The fourth-order valence-electron chi connectivity index (χ4n) is 0. The smallest absolute Gasteiger partial charge is 0.106 e. The molecule has 0 aliphatic rings. The molecule has 0 aromatic carbocycles. The van der Waals surface area contributed by atoms with E-state index in [1.165, 1.54) is 0 Å². The van der Waals surface area contributed by atoms with Crippen LogP contribution in [0.15, 0.2) is 0 Å². The van der Waals surface area contributed by atoms with Crippen molar-refractivity contribution in [2.75, 3.05) is 60.0 Å². The quantitative estimate of drug-likeness (QED) is 0.468. The van der Waals surface area contributed by atoms with Gasteiger partial charge in [-0.15, -0.1) is 23.8 Å². The molecule has 110 valence electrons. The molecular weight excluding hydrogens is 358 g/mol. The second kappa shape index (κ2) is 43.4. The summed E-state index contributed by atoms with van der Waals surface area (Å²) in [6.45, 7) is 24.1. The van der Waals surface area contributed by atoms with Crippen molar-refractivity contribution in [1.29, 1.82) is 0 Å². The maximum atomic E-state index is 8.00. The Morgan fingerprint density at radius 1 is 0.471 bits per heavy atom. The Balaban J connectivity index is -0.0000000227. The van der Waals surface area contributed by atoms with Crippen LogP contribution >= 0.6 is 23.8 Å². The van der Waals surface area contributed by atoms with E-state index in [1.54, 1.807) is 0 Å². The van der Waals surface area contributed by atoms with Crippen molar-refractivity contribution in [1.82, 2.24) is 0 Å². The predicted molar refractivity (Wildman–Crippen MR) is 88.3 cm³/mol. The average Bonchev–Trinajstić information content (AvgIpc) is 2.07. The largest absolute Gasteiger partial charge is 0.307 e. The first-order valence-corrected chi connectivity index (χ1v) is 12.7. The third-order valence-corrected chi connectivity index (χ3v) is 0. The summed E-state index contributed by atoms with van der Waals surface area (Å²) in [6, 6.07) is 0. The molecule has 0 spiro atoms. The minimum absolute atomic E-state index is 0. The van der Waals surface area contributed by atoms with Crippen LogP contribution < -0.4 is 0 Å². The van der Waals surface area contributed by atoms with E-state index in [1.807, 2.05) is 13.6 Å². The first-order valence-electron chi connectivity index (χ1n) is 4.60. The van der Waals surface area contributed by atoms with Gasteiger partial charge in [-0.05, 0) is 60.0 Å². The molecule has 0 aromatic heterocycles. The standard InChI is InChI=1S/3C3H9P.2CH2O.Ru/c3*1-4(2)3;2*1-2;/h3*1-3H3;2*1H2;. The predicted octanol–water partition coefficient (Wildman–Crippen LogP) is 3.70. The van der Waals surface area contributed by atoms with Crippen LogP contribution in [0.4, 0.5) is 0 Å². The molecule has 0 bridgehead atoms. The second-order valence-corrected chi connectivity index (χ2v) is 12.1. The third kappa shape index (κ3) is 2560. The van der Waals surface area contributed by atoms with Gasteiger partial charge < -0.3 is 9.59 Å². The van der Waals surface area contributed by atoms with Gasteiger partial charge in [0, 0.05) is 19.5 Å². The topological polar surface area (TPSA) is 34.1 Å². The molecule has 0 rings (SSSR count). The van der Waals surface area contributed by atoms with E-state index in [0.29, 0.717) is 23.8 Å². The molecule has 0 radical (unpaired) electrons. The molecule has 0 saturated heterocycles. The molecule has 0 fully saturated rings. The summed E-state index contributed by atoms with van der Waals surface area (Å²) in [5.41, 5.74) is 0. The third-order valence-electron chi connectivity index (χ3n) is 0. The van der Waals surface area contributed by atoms with E-state index >= 15 is 0 Å². The number of carbonyl (C=O) groups is 2. The van der Waals surface area contributed by atoms with Gasteiger partial charge in [0.1, 0.15) is 13.6 Å². The van der Waals surface area contributed by atoms with Crippen molar-refractivity contribution in [3.05, 3.63) is 0 Å². The minimum Gasteiger partial charge on any atom is -0.307 e. The number of carbonyl (C=O) groups excluding carboxylic acids is 2. The number of rotatable bonds is 0. The van der Waals surface area contributed by atoms with Crippen LogP contribution in [0.1, 0.15) is 0 Å². The Kier molecular flexibility index (Phi) is 92.3. The number of hydrogen-bond acceptors (Lipinski definition) is 2. The number of hydrogen-bond donors (Lipinski definition) is 0. The summed E-state index contributed by atoms with van der Waals surface area (Å²) < 4.78 is 0. The molecule has 0 amide bonds. The second-order valence-electron chi connectivity index (χ2n) is 4.02. The van der Waals surface area contributed by atoms with Crippen LogP contribution in [-0.2, 0) is 29.1 Å².